The number of carbonyl (C=O) groups excluding carboxylic acids is 1. The molecule has 5 heteroatoms. The molecule has 1 aliphatic rings. The summed E-state index contributed by atoms with van der Waals surface area (Å²) in [6, 6.07) is 0. The van der Waals surface area contributed by atoms with Gasteiger partial charge in [0, 0.05) is 7.11 Å². The van der Waals surface area contributed by atoms with E-state index in [1.807, 2.05) is 6.92 Å². The van der Waals surface area contributed by atoms with Gasteiger partial charge >= 0.3 is 11.9 Å². The van der Waals surface area contributed by atoms with Crippen molar-refractivity contribution < 1.29 is 24.0 Å². The molecule has 13 heavy (non-hydrogen) atoms. The van der Waals surface area contributed by atoms with E-state index < -0.39 is 17.5 Å². The summed E-state index contributed by atoms with van der Waals surface area (Å²) in [5.74, 6) is -2.26. The molecule has 0 saturated carbocycles. The second kappa shape index (κ2) is 3.25. The van der Waals surface area contributed by atoms with Crippen molar-refractivity contribution in [1.29, 1.82) is 0 Å². The molecule has 5 nitrogen and oxygen atoms in total. The summed E-state index contributed by atoms with van der Waals surface area (Å²) in [5, 5.41) is 0. The van der Waals surface area contributed by atoms with Gasteiger partial charge in [-0.05, 0) is 20.3 Å². The van der Waals surface area contributed by atoms with Gasteiger partial charge in [-0.2, -0.15) is 9.78 Å². The number of esters is 1. The van der Waals surface area contributed by atoms with Crippen molar-refractivity contribution in [1.82, 2.24) is 0 Å². The van der Waals surface area contributed by atoms with Gasteiger partial charge in [0.05, 0.1) is 0 Å². The number of hydrogen-bond acceptors (Lipinski definition) is 5. The quantitative estimate of drug-likeness (QED) is 0.375. The third-order valence-electron chi connectivity index (χ3n) is 1.97. The summed E-state index contributed by atoms with van der Waals surface area (Å²) in [4.78, 5) is 20.1. The molecule has 1 saturated heterocycles. The van der Waals surface area contributed by atoms with Gasteiger partial charge in [0.1, 0.15) is 5.60 Å². The molecular formula is C8H14O5. The van der Waals surface area contributed by atoms with E-state index in [1.165, 1.54) is 7.11 Å². The van der Waals surface area contributed by atoms with Crippen LogP contribution in [0.4, 0.5) is 0 Å². The maximum atomic E-state index is 11.3. The highest BCUT2D eigenvalue weighted by Gasteiger charge is 2.61. The molecule has 0 N–H and O–H groups in total. The van der Waals surface area contributed by atoms with Gasteiger partial charge in [-0.15, -0.1) is 0 Å². The van der Waals surface area contributed by atoms with Gasteiger partial charge in [-0.3, -0.25) is 0 Å². The molecular weight excluding hydrogens is 176 g/mol. The number of ether oxygens (including phenoxy) is 2. The molecule has 1 heterocycles. The lowest BCUT2D eigenvalue weighted by atomic mass is 10.1. The number of hydrogen-bond donors (Lipinski definition) is 0. The molecule has 76 valence electrons. The summed E-state index contributed by atoms with van der Waals surface area (Å²) in [5.41, 5.74) is -0.530. The highest BCUT2D eigenvalue weighted by atomic mass is 17.5. The summed E-state index contributed by atoms with van der Waals surface area (Å²) >= 11 is 0. The second-order valence-electron chi connectivity index (χ2n) is 3.43. The second-order valence-corrected chi connectivity index (χ2v) is 3.43. The predicted molar refractivity (Wildman–Crippen MR) is 42.4 cm³/mol. The fraction of sp³-hybridized carbons (Fsp3) is 0.875. The van der Waals surface area contributed by atoms with Crippen LogP contribution in [0, 0.1) is 0 Å². The van der Waals surface area contributed by atoms with Crippen molar-refractivity contribution in [2.24, 2.45) is 0 Å². The van der Waals surface area contributed by atoms with Crippen LogP contribution in [0.2, 0.25) is 0 Å². The third-order valence-corrected chi connectivity index (χ3v) is 1.97. The van der Waals surface area contributed by atoms with Crippen LogP contribution in [0.15, 0.2) is 0 Å². The Morgan fingerprint density at radius 1 is 1.46 bits per heavy atom. The lowest BCUT2D eigenvalue weighted by Gasteiger charge is -2.23. The zero-order valence-corrected chi connectivity index (χ0v) is 8.25. The van der Waals surface area contributed by atoms with Crippen molar-refractivity contribution in [2.45, 2.75) is 38.8 Å². The van der Waals surface area contributed by atoms with Crippen LogP contribution in [0.5, 0.6) is 0 Å². The first-order valence-electron chi connectivity index (χ1n) is 4.11. The average molecular weight is 190 g/mol. The smallest absolute Gasteiger partial charge is 0.439 e. The van der Waals surface area contributed by atoms with E-state index >= 15 is 0 Å². The van der Waals surface area contributed by atoms with Crippen molar-refractivity contribution >= 4 is 5.97 Å². The molecule has 1 aliphatic heterocycles. The van der Waals surface area contributed by atoms with Gasteiger partial charge in [0.25, 0.3) is 0 Å². The van der Waals surface area contributed by atoms with Crippen LogP contribution < -0.4 is 0 Å². The molecule has 0 aromatic carbocycles. The van der Waals surface area contributed by atoms with Crippen molar-refractivity contribution in [2.75, 3.05) is 7.11 Å². The van der Waals surface area contributed by atoms with Crippen molar-refractivity contribution in [3.8, 4) is 0 Å². The van der Waals surface area contributed by atoms with Crippen LogP contribution in [-0.2, 0) is 24.0 Å². The average Bonchev–Trinajstić information content (AvgIpc) is 2.84. The molecule has 1 rings (SSSR count). The molecule has 0 aromatic heterocycles. The summed E-state index contributed by atoms with van der Waals surface area (Å²) in [7, 11) is 1.31. The van der Waals surface area contributed by atoms with Crippen LogP contribution >= 0.6 is 0 Å². The lowest BCUT2D eigenvalue weighted by Crippen LogP contribution is -2.36. The Morgan fingerprint density at radius 3 is 2.31 bits per heavy atom. The van der Waals surface area contributed by atoms with Crippen molar-refractivity contribution in [3.05, 3.63) is 0 Å². The maximum absolute atomic E-state index is 11.3. The SMILES string of the molecule is CCC(C)(C)OC(=O)C1(OC)OO1. The van der Waals surface area contributed by atoms with E-state index in [-0.39, 0.29) is 0 Å². The van der Waals surface area contributed by atoms with Gasteiger partial charge in [0.15, 0.2) is 0 Å². The maximum Gasteiger partial charge on any atom is 0.439 e. The minimum absolute atomic E-state index is 0.530. The fourth-order valence-electron chi connectivity index (χ4n) is 0.643. The highest BCUT2D eigenvalue weighted by Crippen LogP contribution is 2.33. The first kappa shape index (κ1) is 10.4. The Hall–Kier alpha value is -0.650. The minimum Gasteiger partial charge on any atom is -0.454 e. The summed E-state index contributed by atoms with van der Waals surface area (Å²) in [6.45, 7) is 5.52. The third kappa shape index (κ3) is 2.18. The standard InChI is InChI=1S/C8H14O5/c1-5-7(2,3)11-6(9)8(10-4)12-13-8/h5H2,1-4H3. The Morgan fingerprint density at radius 2 is 2.00 bits per heavy atom. The molecule has 1 fully saturated rings. The van der Waals surface area contributed by atoms with E-state index in [9.17, 15) is 4.79 Å². The molecule has 0 spiro atoms. The van der Waals surface area contributed by atoms with Crippen LogP contribution in [-0.4, -0.2) is 24.7 Å². The number of methoxy groups -OCH3 is 1. The Labute approximate surface area is 76.8 Å². The van der Waals surface area contributed by atoms with Crippen LogP contribution in [0.3, 0.4) is 0 Å². The zero-order valence-electron chi connectivity index (χ0n) is 8.25. The predicted octanol–water partition coefficient (Wildman–Crippen LogP) is 0.980. The van der Waals surface area contributed by atoms with Gasteiger partial charge < -0.3 is 9.47 Å². The van der Waals surface area contributed by atoms with Crippen molar-refractivity contribution in [3.63, 3.8) is 0 Å². The Balaban J connectivity index is 2.51. The van der Waals surface area contributed by atoms with E-state index in [2.05, 4.69) is 14.5 Å². The fourth-order valence-corrected chi connectivity index (χ4v) is 0.643. The first-order chi connectivity index (χ1) is 5.96. The number of rotatable bonds is 4. The van der Waals surface area contributed by atoms with Crippen LogP contribution in [0.1, 0.15) is 27.2 Å². The molecule has 0 atom stereocenters. The van der Waals surface area contributed by atoms with Crippen LogP contribution in [0.25, 0.3) is 0 Å². The van der Waals surface area contributed by atoms with Gasteiger partial charge in [0.2, 0.25) is 0 Å². The van der Waals surface area contributed by atoms with E-state index in [0.717, 1.165) is 0 Å². The molecule has 0 aromatic rings. The minimum atomic E-state index is -1.60. The monoisotopic (exact) mass is 190 g/mol. The Kier molecular flexibility index (Phi) is 2.61. The van der Waals surface area contributed by atoms with Gasteiger partial charge in [-0.1, -0.05) is 6.92 Å². The highest BCUT2D eigenvalue weighted by molar-refractivity contribution is 5.77. The molecule has 0 unspecified atom stereocenters. The topological polar surface area (TPSA) is 60.6 Å². The van der Waals surface area contributed by atoms with E-state index in [0.29, 0.717) is 6.42 Å². The van der Waals surface area contributed by atoms with E-state index in [1.54, 1.807) is 13.8 Å². The summed E-state index contributed by atoms with van der Waals surface area (Å²) in [6.07, 6.45) is 0.707. The first-order valence-corrected chi connectivity index (χ1v) is 4.11. The molecule has 0 radical (unpaired) electrons. The molecule has 0 amide bonds. The van der Waals surface area contributed by atoms with Gasteiger partial charge in [-0.25, -0.2) is 4.79 Å². The normalized spacial score (nSPS) is 19.7. The largest absolute Gasteiger partial charge is 0.454 e. The molecule has 0 aliphatic carbocycles. The molecule has 0 bridgehead atoms. The Bertz CT molecular complexity index is 207. The zero-order chi connectivity index (χ0) is 10.1. The summed E-state index contributed by atoms with van der Waals surface area (Å²) < 4.78 is 9.77. The lowest BCUT2D eigenvalue weighted by molar-refractivity contribution is -0.184. The number of carbonyl (C=O) groups is 1. The van der Waals surface area contributed by atoms with E-state index in [4.69, 9.17) is 4.74 Å².